The van der Waals surface area contributed by atoms with Crippen LogP contribution in [-0.4, -0.2) is 13.1 Å². The van der Waals surface area contributed by atoms with Crippen LogP contribution in [0.2, 0.25) is 0 Å². The smallest absolute Gasteiger partial charge is 0.118 e. The van der Waals surface area contributed by atoms with Crippen molar-refractivity contribution >= 4 is 5.97 Å². The first-order chi connectivity index (χ1) is 8.61. The molecule has 2 rings (SSSR count). The fourth-order valence-corrected chi connectivity index (χ4v) is 1.89. The maximum absolute atomic E-state index is 10.8. The third-order valence-corrected chi connectivity index (χ3v) is 2.86. The van der Waals surface area contributed by atoms with Gasteiger partial charge in [-0.2, -0.15) is 0 Å². The average molecular weight is 241 g/mol. The summed E-state index contributed by atoms with van der Waals surface area (Å²) in [6.07, 6.45) is 0. The Kier molecular flexibility index (Phi) is 3.33. The number of benzene rings is 2. The molecular weight excluding hydrogens is 228 g/mol. The second-order valence-electron chi connectivity index (χ2n) is 4.05. The van der Waals surface area contributed by atoms with Crippen molar-refractivity contribution in [2.24, 2.45) is 0 Å². The quantitative estimate of drug-likeness (QED) is 0.826. The zero-order valence-electron chi connectivity index (χ0n) is 10.3. The normalized spacial score (nSPS) is 10.1. The largest absolute Gasteiger partial charge is 0.545 e. The van der Waals surface area contributed by atoms with Gasteiger partial charge in [0, 0.05) is 0 Å². The van der Waals surface area contributed by atoms with Crippen LogP contribution in [0.15, 0.2) is 42.5 Å². The molecule has 0 spiro atoms. The molecule has 0 aromatic heterocycles. The van der Waals surface area contributed by atoms with Crippen LogP contribution in [0.3, 0.4) is 0 Å². The standard InChI is InChI=1S/C15H14O3/c1-10-9-12(15(16)17)5-8-14(10)11-3-6-13(18-2)7-4-11/h3-9H,1-2H3,(H,16,17)/p-1. The van der Waals surface area contributed by atoms with Gasteiger partial charge in [0.05, 0.1) is 13.1 Å². The molecule has 0 saturated heterocycles. The predicted molar refractivity (Wildman–Crippen MR) is 67.5 cm³/mol. The lowest BCUT2D eigenvalue weighted by Gasteiger charge is -2.10. The second kappa shape index (κ2) is 4.92. The van der Waals surface area contributed by atoms with Crippen molar-refractivity contribution in [1.29, 1.82) is 0 Å². The Morgan fingerprint density at radius 3 is 2.28 bits per heavy atom. The van der Waals surface area contributed by atoms with Crippen LogP contribution in [-0.2, 0) is 0 Å². The van der Waals surface area contributed by atoms with Crippen LogP contribution in [0.25, 0.3) is 11.1 Å². The van der Waals surface area contributed by atoms with Crippen LogP contribution < -0.4 is 9.84 Å². The van der Waals surface area contributed by atoms with E-state index in [0.29, 0.717) is 0 Å². The highest BCUT2D eigenvalue weighted by atomic mass is 16.5. The first-order valence-electron chi connectivity index (χ1n) is 5.58. The Bertz CT molecular complexity index is 571. The molecule has 0 N–H and O–H groups in total. The summed E-state index contributed by atoms with van der Waals surface area (Å²) in [5.74, 6) is -0.359. The van der Waals surface area contributed by atoms with Crippen molar-refractivity contribution in [3.63, 3.8) is 0 Å². The zero-order chi connectivity index (χ0) is 13.1. The maximum Gasteiger partial charge on any atom is 0.118 e. The molecule has 3 nitrogen and oxygen atoms in total. The number of carbonyl (C=O) groups is 1. The summed E-state index contributed by atoms with van der Waals surface area (Å²) in [6.45, 7) is 1.88. The predicted octanol–water partition coefficient (Wildman–Crippen LogP) is 2.03. The zero-order valence-corrected chi connectivity index (χ0v) is 10.3. The molecule has 0 unspecified atom stereocenters. The van der Waals surface area contributed by atoms with E-state index in [9.17, 15) is 9.90 Å². The molecule has 0 amide bonds. The Morgan fingerprint density at radius 1 is 1.11 bits per heavy atom. The number of carboxylic acid groups (broad SMARTS) is 1. The number of aryl methyl sites for hydroxylation is 1. The van der Waals surface area contributed by atoms with Crippen LogP contribution in [0.4, 0.5) is 0 Å². The summed E-state index contributed by atoms with van der Waals surface area (Å²) in [4.78, 5) is 10.8. The minimum absolute atomic E-state index is 0.199. The average Bonchev–Trinajstić information content (AvgIpc) is 2.38. The van der Waals surface area contributed by atoms with E-state index in [1.54, 1.807) is 25.3 Å². The van der Waals surface area contributed by atoms with Crippen molar-refractivity contribution in [3.8, 4) is 16.9 Å². The summed E-state index contributed by atoms with van der Waals surface area (Å²) < 4.78 is 5.10. The number of hydrogen-bond donors (Lipinski definition) is 0. The van der Waals surface area contributed by atoms with Gasteiger partial charge in [0.15, 0.2) is 0 Å². The fraction of sp³-hybridized carbons (Fsp3) is 0.133. The number of methoxy groups -OCH3 is 1. The van der Waals surface area contributed by atoms with Gasteiger partial charge < -0.3 is 14.6 Å². The van der Waals surface area contributed by atoms with E-state index in [0.717, 1.165) is 22.4 Å². The molecule has 0 aliphatic carbocycles. The van der Waals surface area contributed by atoms with Crippen molar-refractivity contribution in [2.75, 3.05) is 7.11 Å². The number of ether oxygens (including phenoxy) is 1. The lowest BCUT2D eigenvalue weighted by molar-refractivity contribution is -0.255. The molecule has 2 aromatic carbocycles. The minimum Gasteiger partial charge on any atom is -0.545 e. The van der Waals surface area contributed by atoms with Gasteiger partial charge in [0.2, 0.25) is 0 Å². The molecule has 0 heterocycles. The molecule has 0 saturated carbocycles. The topological polar surface area (TPSA) is 49.4 Å². The van der Waals surface area contributed by atoms with Gasteiger partial charge in [0.25, 0.3) is 0 Å². The summed E-state index contributed by atoms with van der Waals surface area (Å²) in [6, 6.07) is 12.6. The van der Waals surface area contributed by atoms with Crippen molar-refractivity contribution in [3.05, 3.63) is 53.6 Å². The maximum atomic E-state index is 10.8. The monoisotopic (exact) mass is 241 g/mol. The molecule has 18 heavy (non-hydrogen) atoms. The molecule has 92 valence electrons. The highest BCUT2D eigenvalue weighted by molar-refractivity contribution is 5.87. The summed E-state index contributed by atoms with van der Waals surface area (Å²) in [5, 5.41) is 10.8. The van der Waals surface area contributed by atoms with E-state index >= 15 is 0 Å². The first-order valence-corrected chi connectivity index (χ1v) is 5.58. The fourth-order valence-electron chi connectivity index (χ4n) is 1.89. The summed E-state index contributed by atoms with van der Waals surface area (Å²) in [5.41, 5.74) is 3.13. The number of carboxylic acids is 1. The van der Waals surface area contributed by atoms with Gasteiger partial charge in [-0.15, -0.1) is 0 Å². The van der Waals surface area contributed by atoms with E-state index in [2.05, 4.69) is 0 Å². The Balaban J connectivity index is 2.41. The van der Waals surface area contributed by atoms with E-state index in [4.69, 9.17) is 4.74 Å². The molecule has 0 atom stereocenters. The third-order valence-electron chi connectivity index (χ3n) is 2.86. The first kappa shape index (κ1) is 12.2. The number of rotatable bonds is 3. The molecule has 0 aliphatic heterocycles. The summed E-state index contributed by atoms with van der Waals surface area (Å²) in [7, 11) is 1.62. The van der Waals surface area contributed by atoms with E-state index in [1.165, 1.54) is 0 Å². The van der Waals surface area contributed by atoms with Gasteiger partial charge in [-0.1, -0.05) is 24.3 Å². The number of hydrogen-bond acceptors (Lipinski definition) is 3. The number of carbonyl (C=O) groups excluding carboxylic acids is 1. The molecule has 0 radical (unpaired) electrons. The molecule has 2 aromatic rings. The highest BCUT2D eigenvalue weighted by Gasteiger charge is 2.04. The van der Waals surface area contributed by atoms with Crippen LogP contribution in [0, 0.1) is 6.92 Å². The van der Waals surface area contributed by atoms with Crippen LogP contribution in [0.1, 0.15) is 15.9 Å². The lowest BCUT2D eigenvalue weighted by Crippen LogP contribution is -2.22. The van der Waals surface area contributed by atoms with Crippen LogP contribution in [0.5, 0.6) is 5.75 Å². The van der Waals surface area contributed by atoms with Crippen molar-refractivity contribution < 1.29 is 14.6 Å². The second-order valence-corrected chi connectivity index (χ2v) is 4.05. The summed E-state index contributed by atoms with van der Waals surface area (Å²) >= 11 is 0. The third kappa shape index (κ3) is 2.35. The van der Waals surface area contributed by atoms with Gasteiger partial charge in [0.1, 0.15) is 5.75 Å². The van der Waals surface area contributed by atoms with Crippen molar-refractivity contribution in [2.45, 2.75) is 6.92 Å². The van der Waals surface area contributed by atoms with E-state index in [1.807, 2.05) is 31.2 Å². The highest BCUT2D eigenvalue weighted by Crippen LogP contribution is 2.26. The van der Waals surface area contributed by atoms with E-state index in [-0.39, 0.29) is 5.56 Å². The van der Waals surface area contributed by atoms with Gasteiger partial charge in [-0.25, -0.2) is 0 Å². The minimum atomic E-state index is -1.15. The SMILES string of the molecule is COc1ccc(-c2ccc(C(=O)[O-])cc2C)cc1. The number of aromatic carboxylic acids is 1. The van der Waals surface area contributed by atoms with Gasteiger partial charge in [-0.3, -0.25) is 0 Å². The Labute approximate surface area is 106 Å². The molecule has 0 aliphatic rings. The lowest BCUT2D eigenvalue weighted by atomic mass is 9.98. The Morgan fingerprint density at radius 2 is 1.78 bits per heavy atom. The van der Waals surface area contributed by atoms with Crippen LogP contribution >= 0.6 is 0 Å². The van der Waals surface area contributed by atoms with Gasteiger partial charge in [-0.05, 0) is 47.4 Å². The molecule has 0 bridgehead atoms. The van der Waals surface area contributed by atoms with E-state index < -0.39 is 5.97 Å². The molecule has 0 fully saturated rings. The van der Waals surface area contributed by atoms with Gasteiger partial charge >= 0.3 is 0 Å². The Hall–Kier alpha value is -2.29. The van der Waals surface area contributed by atoms with Crippen molar-refractivity contribution in [1.82, 2.24) is 0 Å². The molecule has 3 heteroatoms. The molecular formula is C15H13O3-.